The zero-order chi connectivity index (χ0) is 10.8. The third-order valence-electron chi connectivity index (χ3n) is 1.72. The lowest BCUT2D eigenvalue weighted by molar-refractivity contribution is -0.155. The molecule has 1 aliphatic heterocycles. The average molecular weight is 314 g/mol. The highest BCUT2D eigenvalue weighted by molar-refractivity contribution is 14.1. The van der Waals surface area contributed by atoms with Crippen LogP contribution in [0.15, 0.2) is 0 Å². The summed E-state index contributed by atoms with van der Waals surface area (Å²) < 4.78 is 12.2. The highest BCUT2D eigenvalue weighted by Crippen LogP contribution is 2.12. The Hall–Kier alpha value is -0.410. The van der Waals surface area contributed by atoms with Crippen LogP contribution in [0.5, 0.6) is 0 Å². The van der Waals surface area contributed by atoms with E-state index in [0.29, 0.717) is 0 Å². The van der Waals surface area contributed by atoms with Gasteiger partial charge < -0.3 is 15.2 Å². The summed E-state index contributed by atoms with van der Waals surface area (Å²) in [4.78, 5) is 22.1. The SMILES string of the molecule is CC(N)(NI)C(=O)OC1COC(=O)C1. The Bertz CT molecular complexity index is 256. The second-order valence-electron chi connectivity index (χ2n) is 3.21. The van der Waals surface area contributed by atoms with Gasteiger partial charge in [-0.3, -0.25) is 4.79 Å². The molecule has 0 bridgehead atoms. The maximum absolute atomic E-state index is 11.4. The van der Waals surface area contributed by atoms with Crippen molar-refractivity contribution >= 4 is 34.8 Å². The third kappa shape index (κ3) is 2.79. The molecule has 0 saturated carbocycles. The fourth-order valence-corrected chi connectivity index (χ4v) is 1.10. The van der Waals surface area contributed by atoms with Gasteiger partial charge in [0.15, 0.2) is 5.66 Å². The van der Waals surface area contributed by atoms with Crippen LogP contribution in [0, 0.1) is 0 Å². The van der Waals surface area contributed by atoms with Crippen LogP contribution in [0.25, 0.3) is 0 Å². The van der Waals surface area contributed by atoms with Crippen LogP contribution in [0.4, 0.5) is 0 Å². The fraction of sp³-hybridized carbons (Fsp3) is 0.714. The summed E-state index contributed by atoms with van der Waals surface area (Å²) in [5.74, 6) is -0.959. The molecule has 1 aliphatic rings. The van der Waals surface area contributed by atoms with Gasteiger partial charge in [-0.1, -0.05) is 0 Å². The summed E-state index contributed by atoms with van der Waals surface area (Å²) >= 11 is 1.76. The summed E-state index contributed by atoms with van der Waals surface area (Å²) in [6.07, 6.45) is -0.411. The number of carbonyl (C=O) groups excluding carboxylic acids is 2. The maximum Gasteiger partial charge on any atom is 0.341 e. The molecule has 0 aromatic heterocycles. The molecule has 6 nitrogen and oxygen atoms in total. The Balaban J connectivity index is 2.45. The molecular weight excluding hydrogens is 303 g/mol. The maximum atomic E-state index is 11.4. The summed E-state index contributed by atoms with van der Waals surface area (Å²) in [5, 5.41) is 0. The molecule has 3 N–H and O–H groups in total. The minimum absolute atomic E-state index is 0.100. The Morgan fingerprint density at radius 2 is 2.50 bits per heavy atom. The van der Waals surface area contributed by atoms with Gasteiger partial charge in [0.05, 0.1) is 6.42 Å². The van der Waals surface area contributed by atoms with E-state index in [4.69, 9.17) is 10.5 Å². The molecule has 0 aliphatic carbocycles. The molecule has 1 rings (SSSR count). The van der Waals surface area contributed by atoms with Crippen LogP contribution >= 0.6 is 22.9 Å². The van der Waals surface area contributed by atoms with Gasteiger partial charge in [-0.05, 0) is 6.92 Å². The lowest BCUT2D eigenvalue weighted by atomic mass is 10.2. The number of cyclic esters (lactones) is 1. The highest BCUT2D eigenvalue weighted by atomic mass is 127. The number of nitrogens with one attached hydrogen (secondary N) is 1. The number of esters is 2. The van der Waals surface area contributed by atoms with Gasteiger partial charge in [0, 0.05) is 22.9 Å². The first-order valence-electron chi connectivity index (χ1n) is 3.99. The molecule has 2 unspecified atom stereocenters. The van der Waals surface area contributed by atoms with E-state index in [1.165, 1.54) is 6.92 Å². The van der Waals surface area contributed by atoms with Crippen molar-refractivity contribution in [2.24, 2.45) is 5.73 Å². The Morgan fingerprint density at radius 3 is 2.93 bits per heavy atom. The van der Waals surface area contributed by atoms with Crippen LogP contribution in [-0.4, -0.2) is 30.3 Å². The molecule has 14 heavy (non-hydrogen) atoms. The van der Waals surface area contributed by atoms with Gasteiger partial charge in [0.25, 0.3) is 0 Å². The zero-order valence-corrected chi connectivity index (χ0v) is 9.74. The number of nitrogens with two attached hydrogens (primary N) is 1. The number of halogens is 1. The first-order chi connectivity index (χ1) is 6.45. The van der Waals surface area contributed by atoms with Crippen molar-refractivity contribution in [1.82, 2.24) is 3.53 Å². The predicted molar refractivity (Wildman–Crippen MR) is 55.2 cm³/mol. The highest BCUT2D eigenvalue weighted by Gasteiger charge is 2.34. The zero-order valence-electron chi connectivity index (χ0n) is 7.58. The van der Waals surface area contributed by atoms with E-state index >= 15 is 0 Å². The van der Waals surface area contributed by atoms with Crippen molar-refractivity contribution in [2.45, 2.75) is 25.1 Å². The Kier molecular flexibility index (Phi) is 3.67. The van der Waals surface area contributed by atoms with E-state index < -0.39 is 17.7 Å². The Morgan fingerprint density at radius 1 is 1.86 bits per heavy atom. The molecule has 1 heterocycles. The molecule has 7 heteroatoms. The molecule has 0 amide bonds. The summed E-state index contributed by atoms with van der Waals surface area (Å²) in [6.45, 7) is 1.60. The molecular formula is C7H11IN2O4. The second-order valence-corrected chi connectivity index (χ2v) is 3.75. The third-order valence-corrected chi connectivity index (χ3v) is 2.84. The topological polar surface area (TPSA) is 90.7 Å². The standard InChI is InChI=1S/C7H11IN2O4/c1-7(9,10-8)6(12)14-4-2-5(11)13-3-4/h4,10H,2-3,9H2,1H3. The minimum atomic E-state index is -1.24. The van der Waals surface area contributed by atoms with E-state index in [0.717, 1.165) is 0 Å². The fourth-order valence-electron chi connectivity index (χ4n) is 0.878. The molecule has 0 aromatic rings. The van der Waals surface area contributed by atoms with Gasteiger partial charge in [-0.25, -0.2) is 8.32 Å². The summed E-state index contributed by atoms with van der Waals surface area (Å²) in [6, 6.07) is 0. The van der Waals surface area contributed by atoms with E-state index in [2.05, 4.69) is 8.27 Å². The minimum Gasteiger partial charge on any atom is -0.462 e. The molecule has 2 atom stereocenters. The monoisotopic (exact) mass is 314 g/mol. The van der Waals surface area contributed by atoms with Gasteiger partial charge in [-0.2, -0.15) is 0 Å². The first kappa shape index (κ1) is 11.7. The van der Waals surface area contributed by atoms with E-state index in [1.807, 2.05) is 0 Å². The van der Waals surface area contributed by atoms with Crippen molar-refractivity contribution in [3.63, 3.8) is 0 Å². The van der Waals surface area contributed by atoms with Gasteiger partial charge in [0.1, 0.15) is 12.7 Å². The molecule has 0 radical (unpaired) electrons. The summed E-state index contributed by atoms with van der Waals surface area (Å²) in [7, 11) is 0. The van der Waals surface area contributed by atoms with Gasteiger partial charge >= 0.3 is 11.9 Å². The molecule has 0 aromatic carbocycles. The number of ether oxygens (including phenoxy) is 2. The smallest absolute Gasteiger partial charge is 0.341 e. The van der Waals surface area contributed by atoms with Crippen LogP contribution in [0.1, 0.15) is 13.3 Å². The van der Waals surface area contributed by atoms with Crippen molar-refractivity contribution < 1.29 is 19.1 Å². The number of hydrogen-bond acceptors (Lipinski definition) is 6. The van der Waals surface area contributed by atoms with Gasteiger partial charge in [0.2, 0.25) is 0 Å². The van der Waals surface area contributed by atoms with Crippen LogP contribution in [0.3, 0.4) is 0 Å². The molecule has 1 saturated heterocycles. The quantitative estimate of drug-likeness (QED) is 0.315. The normalized spacial score (nSPS) is 25.4. The summed E-state index contributed by atoms with van der Waals surface area (Å²) in [5.41, 5.74) is 4.31. The number of carbonyl (C=O) groups is 2. The molecule has 1 fully saturated rings. The average Bonchev–Trinajstić information content (AvgIpc) is 2.51. The van der Waals surface area contributed by atoms with Crippen molar-refractivity contribution in [3.05, 3.63) is 0 Å². The second kappa shape index (κ2) is 4.41. The van der Waals surface area contributed by atoms with E-state index in [1.54, 1.807) is 22.9 Å². The lowest BCUT2D eigenvalue weighted by Crippen LogP contribution is -2.55. The van der Waals surface area contributed by atoms with E-state index in [9.17, 15) is 9.59 Å². The van der Waals surface area contributed by atoms with E-state index in [-0.39, 0.29) is 19.0 Å². The van der Waals surface area contributed by atoms with Crippen molar-refractivity contribution in [2.75, 3.05) is 6.61 Å². The number of rotatable bonds is 3. The first-order valence-corrected chi connectivity index (χ1v) is 5.07. The van der Waals surface area contributed by atoms with Crippen LogP contribution in [-0.2, 0) is 19.1 Å². The van der Waals surface area contributed by atoms with Crippen molar-refractivity contribution in [3.8, 4) is 0 Å². The number of hydrogen-bond donors (Lipinski definition) is 2. The lowest BCUT2D eigenvalue weighted by Gasteiger charge is -2.21. The molecule has 80 valence electrons. The Labute approximate surface area is 95.0 Å². The van der Waals surface area contributed by atoms with Gasteiger partial charge in [-0.15, -0.1) is 0 Å². The largest absolute Gasteiger partial charge is 0.462 e. The predicted octanol–water partition coefficient (Wildman–Crippen LogP) is -0.540. The van der Waals surface area contributed by atoms with Crippen LogP contribution < -0.4 is 9.26 Å². The van der Waals surface area contributed by atoms with Crippen molar-refractivity contribution in [1.29, 1.82) is 0 Å². The molecule has 0 spiro atoms. The van der Waals surface area contributed by atoms with Crippen LogP contribution in [0.2, 0.25) is 0 Å².